The van der Waals surface area contributed by atoms with Gasteiger partial charge in [-0.05, 0) is 36.8 Å². The van der Waals surface area contributed by atoms with Crippen molar-refractivity contribution < 1.29 is 9.90 Å². The van der Waals surface area contributed by atoms with Gasteiger partial charge in [-0.2, -0.15) is 0 Å². The highest BCUT2D eigenvalue weighted by Crippen LogP contribution is 2.12. The molecule has 100 valence electrons. The molecule has 0 spiro atoms. The van der Waals surface area contributed by atoms with Gasteiger partial charge >= 0.3 is 0 Å². The molecule has 1 aromatic carbocycles. The molecule has 0 aliphatic carbocycles. The van der Waals surface area contributed by atoms with Crippen LogP contribution in [0.5, 0.6) is 0 Å². The maximum absolute atomic E-state index is 12.1. The lowest BCUT2D eigenvalue weighted by molar-refractivity contribution is 0.102. The maximum atomic E-state index is 12.1. The van der Waals surface area contributed by atoms with Crippen molar-refractivity contribution in [1.82, 2.24) is 4.98 Å². The maximum Gasteiger partial charge on any atom is 0.274 e. The molecule has 2 N–H and O–H groups in total. The zero-order chi connectivity index (χ0) is 14.4. The number of aromatic nitrogens is 1. The molecule has 1 aromatic heterocycles. The van der Waals surface area contributed by atoms with Crippen LogP contribution in [0.3, 0.4) is 0 Å². The van der Waals surface area contributed by atoms with Gasteiger partial charge < -0.3 is 10.4 Å². The van der Waals surface area contributed by atoms with E-state index < -0.39 is 0 Å². The number of anilines is 1. The Hall–Kier alpha value is -2.64. The number of aliphatic hydroxyl groups is 1. The largest absolute Gasteiger partial charge is 0.384 e. The van der Waals surface area contributed by atoms with Gasteiger partial charge in [0.05, 0.1) is 0 Å². The fraction of sp³-hybridized carbons (Fsp3) is 0.125. The molecule has 0 saturated heterocycles. The zero-order valence-electron chi connectivity index (χ0n) is 11.1. The number of rotatable bonds is 2. The highest BCUT2D eigenvalue weighted by atomic mass is 16.2. The molecule has 1 heterocycles. The highest BCUT2D eigenvalue weighted by molar-refractivity contribution is 6.03. The van der Waals surface area contributed by atoms with Gasteiger partial charge in [0.2, 0.25) is 0 Å². The topological polar surface area (TPSA) is 62.2 Å². The average molecular weight is 266 g/mol. The number of nitrogens with zero attached hydrogens (tertiary/aromatic N) is 1. The number of benzene rings is 1. The quantitative estimate of drug-likeness (QED) is 0.817. The van der Waals surface area contributed by atoms with Crippen LogP contribution < -0.4 is 5.32 Å². The fourth-order valence-corrected chi connectivity index (χ4v) is 1.73. The van der Waals surface area contributed by atoms with Gasteiger partial charge in [0, 0.05) is 17.4 Å². The van der Waals surface area contributed by atoms with E-state index in [-0.39, 0.29) is 12.5 Å². The van der Waals surface area contributed by atoms with E-state index in [0.717, 1.165) is 11.1 Å². The molecule has 4 heteroatoms. The molecule has 0 aliphatic heterocycles. The van der Waals surface area contributed by atoms with Crippen molar-refractivity contribution in [1.29, 1.82) is 0 Å². The van der Waals surface area contributed by atoms with Crippen molar-refractivity contribution in [3.05, 3.63) is 59.4 Å². The van der Waals surface area contributed by atoms with E-state index in [2.05, 4.69) is 22.1 Å². The second-order valence-corrected chi connectivity index (χ2v) is 4.16. The smallest absolute Gasteiger partial charge is 0.274 e. The number of hydrogen-bond donors (Lipinski definition) is 2. The summed E-state index contributed by atoms with van der Waals surface area (Å²) >= 11 is 0. The van der Waals surface area contributed by atoms with Crippen molar-refractivity contribution in [2.75, 3.05) is 11.9 Å². The Kier molecular flexibility index (Phi) is 4.48. The predicted octanol–water partition coefficient (Wildman–Crippen LogP) is 1.99. The summed E-state index contributed by atoms with van der Waals surface area (Å²) in [5.74, 6) is 5.10. The van der Waals surface area contributed by atoms with Crippen molar-refractivity contribution in [2.45, 2.75) is 6.92 Å². The van der Waals surface area contributed by atoms with Gasteiger partial charge in [-0.15, -0.1) is 0 Å². The molecular weight excluding hydrogens is 252 g/mol. The third-order valence-corrected chi connectivity index (χ3v) is 2.66. The van der Waals surface area contributed by atoms with Crippen molar-refractivity contribution in [2.24, 2.45) is 0 Å². The van der Waals surface area contributed by atoms with Crippen molar-refractivity contribution in [3.8, 4) is 11.8 Å². The predicted molar refractivity (Wildman–Crippen MR) is 77.3 cm³/mol. The molecule has 2 rings (SSSR count). The first-order chi connectivity index (χ1) is 9.70. The van der Waals surface area contributed by atoms with Gasteiger partial charge in [0.1, 0.15) is 12.3 Å². The van der Waals surface area contributed by atoms with Gasteiger partial charge in [-0.1, -0.05) is 24.0 Å². The summed E-state index contributed by atoms with van der Waals surface area (Å²) in [4.78, 5) is 16.2. The average Bonchev–Trinajstić information content (AvgIpc) is 2.46. The molecule has 4 nitrogen and oxygen atoms in total. The Bertz CT molecular complexity index is 684. The Morgan fingerprint density at radius 2 is 2.20 bits per heavy atom. The summed E-state index contributed by atoms with van der Waals surface area (Å²) in [5.41, 5.74) is 2.60. The van der Waals surface area contributed by atoms with Crippen molar-refractivity contribution in [3.63, 3.8) is 0 Å². The van der Waals surface area contributed by atoms with E-state index in [1.807, 2.05) is 19.1 Å². The lowest BCUT2D eigenvalue weighted by Gasteiger charge is -2.06. The number of nitrogens with one attached hydrogen (secondary N) is 1. The molecular formula is C16H14N2O2. The number of pyridine rings is 1. The number of carbonyl (C=O) groups is 1. The monoisotopic (exact) mass is 266 g/mol. The van der Waals surface area contributed by atoms with E-state index in [4.69, 9.17) is 5.11 Å². The third-order valence-electron chi connectivity index (χ3n) is 2.66. The molecule has 2 aromatic rings. The summed E-state index contributed by atoms with van der Waals surface area (Å²) in [5, 5.41) is 11.5. The van der Waals surface area contributed by atoms with Crippen LogP contribution in [-0.4, -0.2) is 22.6 Å². The second kappa shape index (κ2) is 6.50. The van der Waals surface area contributed by atoms with Crippen LogP contribution in [0.2, 0.25) is 0 Å². The van der Waals surface area contributed by atoms with Crippen LogP contribution in [0.4, 0.5) is 5.69 Å². The number of aliphatic hydroxyl groups excluding tert-OH is 1. The van der Waals surface area contributed by atoms with E-state index >= 15 is 0 Å². The molecule has 0 bridgehead atoms. The van der Waals surface area contributed by atoms with E-state index in [0.29, 0.717) is 11.4 Å². The first-order valence-corrected chi connectivity index (χ1v) is 6.13. The van der Waals surface area contributed by atoms with E-state index in [9.17, 15) is 4.79 Å². The molecule has 0 fully saturated rings. The van der Waals surface area contributed by atoms with Crippen LogP contribution in [0.15, 0.2) is 42.6 Å². The van der Waals surface area contributed by atoms with Crippen LogP contribution in [0.25, 0.3) is 0 Å². The van der Waals surface area contributed by atoms with E-state index in [1.165, 1.54) is 0 Å². The van der Waals surface area contributed by atoms with Crippen LogP contribution in [-0.2, 0) is 0 Å². The normalized spacial score (nSPS) is 9.50. The lowest BCUT2D eigenvalue weighted by Crippen LogP contribution is -2.15. The number of aryl methyl sites for hydroxylation is 1. The Labute approximate surface area is 117 Å². The van der Waals surface area contributed by atoms with Gasteiger partial charge in [0.25, 0.3) is 5.91 Å². The second-order valence-electron chi connectivity index (χ2n) is 4.16. The number of carbonyl (C=O) groups excluding carboxylic acids is 1. The summed E-state index contributed by atoms with van der Waals surface area (Å²) in [6.45, 7) is 1.65. The highest BCUT2D eigenvalue weighted by Gasteiger charge is 2.10. The Morgan fingerprint density at radius 3 is 2.95 bits per heavy atom. The molecule has 1 amide bonds. The van der Waals surface area contributed by atoms with Crippen LogP contribution in [0, 0.1) is 18.8 Å². The van der Waals surface area contributed by atoms with Gasteiger partial charge in [-0.3, -0.25) is 9.78 Å². The molecule has 0 radical (unpaired) electrons. The summed E-state index contributed by atoms with van der Waals surface area (Å²) in [7, 11) is 0. The Morgan fingerprint density at radius 1 is 1.35 bits per heavy atom. The molecule has 0 atom stereocenters. The van der Waals surface area contributed by atoms with Gasteiger partial charge in [-0.25, -0.2) is 0 Å². The minimum absolute atomic E-state index is 0.191. The number of amides is 1. The first-order valence-electron chi connectivity index (χ1n) is 6.13. The first kappa shape index (κ1) is 13.8. The third kappa shape index (κ3) is 3.44. The minimum Gasteiger partial charge on any atom is -0.384 e. The van der Waals surface area contributed by atoms with Crippen molar-refractivity contribution >= 4 is 11.6 Å². The molecule has 0 saturated carbocycles. The lowest BCUT2D eigenvalue weighted by atomic mass is 10.2. The Balaban J connectivity index is 2.18. The van der Waals surface area contributed by atoms with Gasteiger partial charge in [0.15, 0.2) is 0 Å². The fourth-order valence-electron chi connectivity index (χ4n) is 1.73. The van der Waals surface area contributed by atoms with Crippen LogP contribution in [0.1, 0.15) is 21.6 Å². The van der Waals surface area contributed by atoms with Crippen LogP contribution >= 0.6 is 0 Å². The molecule has 0 unspecified atom stereocenters. The summed E-state index contributed by atoms with van der Waals surface area (Å²) in [6.07, 6.45) is 1.59. The molecule has 0 aliphatic rings. The minimum atomic E-state index is -0.254. The molecule has 20 heavy (non-hydrogen) atoms. The van der Waals surface area contributed by atoms with E-state index in [1.54, 1.807) is 30.5 Å². The summed E-state index contributed by atoms with van der Waals surface area (Å²) < 4.78 is 0. The summed E-state index contributed by atoms with van der Waals surface area (Å²) in [6, 6.07) is 10.8. The standard InChI is InChI=1S/C16H14N2O2/c1-12-5-3-9-17-15(12)16(20)18-14-8-2-6-13(11-14)7-4-10-19/h2-3,5-6,8-9,11,19H,10H2,1H3,(H,18,20). The zero-order valence-corrected chi connectivity index (χ0v) is 11.1. The number of hydrogen-bond acceptors (Lipinski definition) is 3. The SMILES string of the molecule is Cc1cccnc1C(=O)Nc1cccc(C#CCO)c1.